The van der Waals surface area contributed by atoms with E-state index in [2.05, 4.69) is 37.5 Å². The lowest BCUT2D eigenvalue weighted by atomic mass is 9.83. The smallest absolute Gasteiger partial charge is 0.0154 e. The highest BCUT2D eigenvalue weighted by Gasteiger charge is 2.23. The van der Waals surface area contributed by atoms with Crippen molar-refractivity contribution < 1.29 is 0 Å². The summed E-state index contributed by atoms with van der Waals surface area (Å²) >= 11 is 0. The van der Waals surface area contributed by atoms with Gasteiger partial charge in [-0.3, -0.25) is 0 Å². The topological polar surface area (TPSA) is 58.5 Å². The molecule has 0 aromatic rings. The molecule has 0 atom stereocenters. The van der Waals surface area contributed by atoms with Crippen LogP contribution in [0.3, 0.4) is 0 Å². The minimum absolute atomic E-state index is 0.0428. The summed E-state index contributed by atoms with van der Waals surface area (Å²) in [6.45, 7) is 16.9. The Labute approximate surface area is 165 Å². The molecule has 0 spiro atoms. The number of rotatable bonds is 19. The van der Waals surface area contributed by atoms with Gasteiger partial charge in [-0.15, -0.1) is 0 Å². The van der Waals surface area contributed by atoms with Crippen LogP contribution in [0.2, 0.25) is 0 Å². The van der Waals surface area contributed by atoms with Crippen LogP contribution in [0.1, 0.15) is 91.9 Å². The molecule has 0 saturated carbocycles. The quantitative estimate of drug-likeness (QED) is 0.334. The van der Waals surface area contributed by atoms with Crippen LogP contribution in [0, 0.1) is 0 Å². The van der Waals surface area contributed by atoms with E-state index in [1.165, 1.54) is 70.9 Å². The van der Waals surface area contributed by atoms with Crippen LogP contribution < -0.4 is 11.5 Å². The Morgan fingerprint density at radius 2 is 0.962 bits per heavy atom. The van der Waals surface area contributed by atoms with Crippen molar-refractivity contribution in [3.8, 4) is 0 Å². The summed E-state index contributed by atoms with van der Waals surface area (Å²) in [6.07, 6.45) is 12.2. The molecule has 0 unspecified atom stereocenters. The van der Waals surface area contributed by atoms with Crippen LogP contribution >= 0.6 is 0 Å². The molecule has 0 rings (SSSR count). The second-order valence-corrected chi connectivity index (χ2v) is 7.93. The number of hydrogen-bond acceptors (Lipinski definition) is 4. The zero-order valence-electron chi connectivity index (χ0n) is 18.6. The maximum absolute atomic E-state index is 6.89. The Kier molecular flexibility index (Phi) is 16.9. The fourth-order valence-corrected chi connectivity index (χ4v) is 3.88. The highest BCUT2D eigenvalue weighted by atomic mass is 15.1. The summed E-state index contributed by atoms with van der Waals surface area (Å²) in [7, 11) is 0. The van der Waals surface area contributed by atoms with E-state index in [1.807, 2.05) is 0 Å². The normalized spacial score (nSPS) is 12.5. The summed E-state index contributed by atoms with van der Waals surface area (Å²) in [5.41, 5.74) is 12.6. The summed E-state index contributed by atoms with van der Waals surface area (Å²) in [6, 6.07) is 0. The fourth-order valence-electron chi connectivity index (χ4n) is 3.88. The van der Waals surface area contributed by atoms with Crippen molar-refractivity contribution in [1.82, 2.24) is 9.80 Å². The third-order valence-corrected chi connectivity index (χ3v) is 5.97. The molecule has 0 aromatic heterocycles. The summed E-state index contributed by atoms with van der Waals surface area (Å²) in [5, 5.41) is 0. The Morgan fingerprint density at radius 1 is 0.577 bits per heavy atom. The van der Waals surface area contributed by atoms with Crippen LogP contribution in [-0.4, -0.2) is 61.2 Å². The van der Waals surface area contributed by atoms with E-state index in [-0.39, 0.29) is 5.54 Å². The number of nitrogens with two attached hydrogens (primary N) is 2. The van der Waals surface area contributed by atoms with Gasteiger partial charge in [0.1, 0.15) is 0 Å². The molecule has 0 fully saturated rings. The van der Waals surface area contributed by atoms with Crippen LogP contribution in [0.15, 0.2) is 0 Å². The van der Waals surface area contributed by atoms with Crippen molar-refractivity contribution in [3.63, 3.8) is 0 Å². The standard InChI is InChI=1S/C22H50N4/c1-5-25(6-2)20-14-11-17-22(24,16-10-9-13-19-23)18-12-15-21-26(7-3)8-4/h5-21,23-24H2,1-4H3. The van der Waals surface area contributed by atoms with Gasteiger partial charge in [0.25, 0.3) is 0 Å². The second-order valence-electron chi connectivity index (χ2n) is 7.93. The lowest BCUT2D eigenvalue weighted by Gasteiger charge is -2.31. The molecule has 158 valence electrons. The molecule has 0 aromatic carbocycles. The Hall–Kier alpha value is -0.160. The maximum Gasteiger partial charge on any atom is 0.0154 e. The predicted molar refractivity (Wildman–Crippen MR) is 118 cm³/mol. The first-order valence-electron chi connectivity index (χ1n) is 11.5. The first-order valence-corrected chi connectivity index (χ1v) is 11.5. The van der Waals surface area contributed by atoms with Crippen molar-refractivity contribution in [2.24, 2.45) is 11.5 Å². The molecule has 0 bridgehead atoms. The zero-order chi connectivity index (χ0) is 19.7. The number of nitrogens with zero attached hydrogens (tertiary/aromatic N) is 2. The van der Waals surface area contributed by atoms with Crippen molar-refractivity contribution in [2.45, 2.75) is 97.4 Å². The molecular weight excluding hydrogens is 320 g/mol. The van der Waals surface area contributed by atoms with E-state index in [1.54, 1.807) is 0 Å². The predicted octanol–water partition coefficient (Wildman–Crippen LogP) is 4.23. The van der Waals surface area contributed by atoms with Gasteiger partial charge in [0.05, 0.1) is 0 Å². The molecule has 0 aliphatic heterocycles. The van der Waals surface area contributed by atoms with E-state index in [0.717, 1.165) is 39.1 Å². The molecule has 0 heterocycles. The first-order chi connectivity index (χ1) is 12.5. The highest BCUT2D eigenvalue weighted by molar-refractivity contribution is 4.84. The molecule has 4 nitrogen and oxygen atoms in total. The lowest BCUT2D eigenvalue weighted by Crippen LogP contribution is -2.40. The summed E-state index contributed by atoms with van der Waals surface area (Å²) < 4.78 is 0. The van der Waals surface area contributed by atoms with E-state index >= 15 is 0 Å². The van der Waals surface area contributed by atoms with Gasteiger partial charge in [0.15, 0.2) is 0 Å². The van der Waals surface area contributed by atoms with E-state index in [9.17, 15) is 0 Å². The summed E-state index contributed by atoms with van der Waals surface area (Å²) in [5.74, 6) is 0. The number of hydrogen-bond donors (Lipinski definition) is 2. The molecule has 26 heavy (non-hydrogen) atoms. The van der Waals surface area contributed by atoms with Gasteiger partial charge in [0, 0.05) is 5.54 Å². The van der Waals surface area contributed by atoms with Crippen LogP contribution in [0.5, 0.6) is 0 Å². The Bertz CT molecular complexity index is 268. The highest BCUT2D eigenvalue weighted by Crippen LogP contribution is 2.25. The van der Waals surface area contributed by atoms with Gasteiger partial charge in [-0.1, -0.05) is 53.4 Å². The molecule has 0 saturated heterocycles. The molecule has 0 aliphatic carbocycles. The SMILES string of the molecule is CCN(CC)CCCCC(N)(CCCCCN)CCCCN(CC)CC. The molecule has 0 aliphatic rings. The minimum atomic E-state index is 0.0428. The average molecular weight is 371 g/mol. The van der Waals surface area contributed by atoms with Crippen molar-refractivity contribution in [1.29, 1.82) is 0 Å². The largest absolute Gasteiger partial charge is 0.330 e. The molecule has 0 radical (unpaired) electrons. The van der Waals surface area contributed by atoms with Crippen molar-refractivity contribution >= 4 is 0 Å². The van der Waals surface area contributed by atoms with Gasteiger partial charge >= 0.3 is 0 Å². The lowest BCUT2D eigenvalue weighted by molar-refractivity contribution is 0.260. The second kappa shape index (κ2) is 17.0. The monoisotopic (exact) mass is 370 g/mol. The first kappa shape index (κ1) is 25.8. The Morgan fingerprint density at radius 3 is 1.31 bits per heavy atom. The van der Waals surface area contributed by atoms with E-state index in [4.69, 9.17) is 11.5 Å². The average Bonchev–Trinajstić information content (AvgIpc) is 2.66. The third-order valence-electron chi connectivity index (χ3n) is 5.97. The van der Waals surface area contributed by atoms with E-state index < -0.39 is 0 Å². The van der Waals surface area contributed by atoms with Crippen molar-refractivity contribution in [3.05, 3.63) is 0 Å². The minimum Gasteiger partial charge on any atom is -0.330 e. The van der Waals surface area contributed by atoms with Gasteiger partial charge in [0.2, 0.25) is 0 Å². The van der Waals surface area contributed by atoms with Crippen molar-refractivity contribution in [2.75, 3.05) is 45.8 Å². The van der Waals surface area contributed by atoms with Gasteiger partial charge in [-0.2, -0.15) is 0 Å². The third kappa shape index (κ3) is 13.1. The molecule has 4 N–H and O–H groups in total. The van der Waals surface area contributed by atoms with Gasteiger partial charge < -0.3 is 21.3 Å². The fraction of sp³-hybridized carbons (Fsp3) is 1.00. The van der Waals surface area contributed by atoms with Crippen LogP contribution in [-0.2, 0) is 0 Å². The van der Waals surface area contributed by atoms with Crippen LogP contribution in [0.4, 0.5) is 0 Å². The number of unbranched alkanes of at least 4 members (excludes halogenated alkanes) is 4. The van der Waals surface area contributed by atoms with Gasteiger partial charge in [-0.25, -0.2) is 0 Å². The summed E-state index contributed by atoms with van der Waals surface area (Å²) in [4.78, 5) is 5.03. The van der Waals surface area contributed by atoms with E-state index in [0.29, 0.717) is 0 Å². The molecular formula is C22H50N4. The van der Waals surface area contributed by atoms with Gasteiger partial charge in [-0.05, 0) is 84.3 Å². The van der Waals surface area contributed by atoms with Crippen LogP contribution in [0.25, 0.3) is 0 Å². The maximum atomic E-state index is 6.89. The Balaban J connectivity index is 4.27. The zero-order valence-corrected chi connectivity index (χ0v) is 18.6. The molecule has 0 amide bonds. The molecule has 4 heteroatoms.